The molecule has 0 radical (unpaired) electrons. The number of aromatic nitrogens is 1. The van der Waals surface area contributed by atoms with E-state index in [0.717, 1.165) is 33.9 Å². The molecule has 126 valence electrons. The highest BCUT2D eigenvalue weighted by Gasteiger charge is 2.44. The first kappa shape index (κ1) is 15.3. The summed E-state index contributed by atoms with van der Waals surface area (Å²) in [4.78, 5) is 4.53. The van der Waals surface area contributed by atoms with Crippen molar-refractivity contribution in [1.82, 2.24) is 4.98 Å². The van der Waals surface area contributed by atoms with Crippen molar-refractivity contribution in [2.24, 2.45) is 5.92 Å². The van der Waals surface area contributed by atoms with Crippen molar-refractivity contribution in [2.75, 3.05) is 5.32 Å². The van der Waals surface area contributed by atoms with E-state index in [9.17, 15) is 4.39 Å². The molecule has 1 aromatic heterocycles. The number of rotatable bonds is 2. The number of hydrogen-bond acceptors (Lipinski definition) is 2. The molecular weight excluding hydrogens is 379 g/mol. The summed E-state index contributed by atoms with van der Waals surface area (Å²) in [5.41, 5.74) is 3.04. The van der Waals surface area contributed by atoms with E-state index in [1.807, 2.05) is 6.07 Å². The Hall–Kier alpha value is -1.94. The summed E-state index contributed by atoms with van der Waals surface area (Å²) in [6.07, 6.45) is 5.28. The van der Waals surface area contributed by atoms with Gasteiger partial charge in [-0.1, -0.05) is 30.3 Å². The lowest BCUT2D eigenvalue weighted by Crippen LogP contribution is -2.47. The van der Waals surface area contributed by atoms with Crippen LogP contribution in [0.15, 0.2) is 53.1 Å². The van der Waals surface area contributed by atoms with Gasteiger partial charge in [0, 0.05) is 27.5 Å². The number of pyridine rings is 1. The molecule has 1 heterocycles. The zero-order valence-electron chi connectivity index (χ0n) is 13.7. The van der Waals surface area contributed by atoms with Crippen LogP contribution in [-0.2, 0) is 6.42 Å². The van der Waals surface area contributed by atoms with Crippen LogP contribution in [0.4, 0.5) is 10.2 Å². The first-order valence-corrected chi connectivity index (χ1v) is 9.58. The Morgan fingerprint density at radius 1 is 1.12 bits per heavy atom. The molecule has 1 N–H and O–H groups in total. The highest BCUT2D eigenvalue weighted by molar-refractivity contribution is 9.10. The second-order valence-electron chi connectivity index (χ2n) is 7.14. The van der Waals surface area contributed by atoms with Gasteiger partial charge in [-0.15, -0.1) is 0 Å². The molecule has 0 aliphatic heterocycles. The first-order chi connectivity index (χ1) is 12.2. The van der Waals surface area contributed by atoms with Crippen molar-refractivity contribution in [3.05, 3.63) is 70.1 Å². The Balaban J connectivity index is 1.44. The van der Waals surface area contributed by atoms with Crippen LogP contribution in [0.1, 0.15) is 29.9 Å². The summed E-state index contributed by atoms with van der Waals surface area (Å²) in [6.45, 7) is 0. The molecule has 0 saturated heterocycles. The van der Waals surface area contributed by atoms with Gasteiger partial charge in [-0.3, -0.25) is 0 Å². The maximum Gasteiger partial charge on any atom is 0.134 e. The second-order valence-corrected chi connectivity index (χ2v) is 7.99. The number of nitrogens with zero attached hydrogens (tertiary/aromatic N) is 1. The average Bonchev–Trinajstić information content (AvgIpc) is 2.60. The number of fused-ring (bicyclic) bond motifs is 4. The molecule has 3 unspecified atom stereocenters. The number of anilines is 1. The predicted octanol–water partition coefficient (Wildman–Crippen LogP) is 5.67. The summed E-state index contributed by atoms with van der Waals surface area (Å²) in [5, 5.41) is 5.44. The third kappa shape index (κ3) is 2.46. The zero-order valence-corrected chi connectivity index (χ0v) is 15.3. The van der Waals surface area contributed by atoms with Crippen molar-refractivity contribution in [3.8, 4) is 0 Å². The fourth-order valence-electron chi connectivity index (χ4n) is 4.55. The van der Waals surface area contributed by atoms with Gasteiger partial charge in [0.2, 0.25) is 0 Å². The van der Waals surface area contributed by atoms with Gasteiger partial charge < -0.3 is 5.32 Å². The lowest BCUT2D eigenvalue weighted by molar-refractivity contribution is 0.194. The van der Waals surface area contributed by atoms with Crippen LogP contribution in [0.2, 0.25) is 0 Å². The molecule has 25 heavy (non-hydrogen) atoms. The molecule has 3 atom stereocenters. The molecule has 0 amide bonds. The molecular formula is C21H18BrFN2. The lowest BCUT2D eigenvalue weighted by atomic mass is 9.60. The van der Waals surface area contributed by atoms with Gasteiger partial charge in [-0.25, -0.2) is 9.37 Å². The normalized spacial score (nSPS) is 24.3. The molecule has 0 spiro atoms. The van der Waals surface area contributed by atoms with E-state index in [0.29, 0.717) is 17.9 Å². The van der Waals surface area contributed by atoms with Gasteiger partial charge >= 0.3 is 0 Å². The van der Waals surface area contributed by atoms with Crippen LogP contribution in [0.3, 0.4) is 0 Å². The van der Waals surface area contributed by atoms with Gasteiger partial charge in [-0.05, 0) is 70.3 Å². The first-order valence-electron chi connectivity index (χ1n) is 8.79. The number of hydrogen-bond donors (Lipinski definition) is 1. The van der Waals surface area contributed by atoms with Gasteiger partial charge in [0.1, 0.15) is 11.6 Å². The highest BCUT2D eigenvalue weighted by atomic mass is 79.9. The Morgan fingerprint density at radius 3 is 2.92 bits per heavy atom. The Labute approximate surface area is 154 Å². The lowest BCUT2D eigenvalue weighted by Gasteiger charge is -2.49. The number of aryl methyl sites for hydroxylation is 1. The van der Waals surface area contributed by atoms with Crippen LogP contribution in [0, 0.1) is 11.7 Å². The molecule has 2 aliphatic rings. The van der Waals surface area contributed by atoms with Crippen molar-refractivity contribution < 1.29 is 4.39 Å². The monoisotopic (exact) mass is 396 g/mol. The van der Waals surface area contributed by atoms with Crippen molar-refractivity contribution in [2.45, 2.75) is 31.2 Å². The van der Waals surface area contributed by atoms with E-state index in [1.165, 1.54) is 23.6 Å². The number of halogens is 2. The maximum atomic E-state index is 13.7. The molecule has 0 bridgehead atoms. The Bertz CT molecular complexity index is 971. The van der Waals surface area contributed by atoms with E-state index in [4.69, 9.17) is 0 Å². The van der Waals surface area contributed by atoms with E-state index in [2.05, 4.69) is 50.5 Å². The van der Waals surface area contributed by atoms with E-state index in [-0.39, 0.29) is 5.82 Å². The summed E-state index contributed by atoms with van der Waals surface area (Å²) in [7, 11) is 0. The SMILES string of the molecule is Fc1ccc2c(Br)cnc(NC3CC4c5ccccc5CCC34)c2c1. The third-order valence-electron chi connectivity index (χ3n) is 5.87. The Morgan fingerprint density at radius 2 is 2.00 bits per heavy atom. The van der Waals surface area contributed by atoms with Gasteiger partial charge in [0.05, 0.1) is 0 Å². The predicted molar refractivity (Wildman–Crippen MR) is 102 cm³/mol. The van der Waals surface area contributed by atoms with Crippen molar-refractivity contribution in [1.29, 1.82) is 0 Å². The molecule has 2 nitrogen and oxygen atoms in total. The zero-order chi connectivity index (χ0) is 17.0. The molecule has 3 aromatic rings. The minimum atomic E-state index is -0.228. The van der Waals surface area contributed by atoms with E-state index in [1.54, 1.807) is 12.3 Å². The minimum absolute atomic E-state index is 0.228. The fourth-order valence-corrected chi connectivity index (χ4v) is 5.00. The van der Waals surface area contributed by atoms with Crippen LogP contribution >= 0.6 is 15.9 Å². The quantitative estimate of drug-likeness (QED) is 0.603. The van der Waals surface area contributed by atoms with E-state index < -0.39 is 0 Å². The Kier molecular flexibility index (Phi) is 3.56. The highest BCUT2D eigenvalue weighted by Crippen LogP contribution is 2.50. The third-order valence-corrected chi connectivity index (χ3v) is 6.50. The summed E-state index contributed by atoms with van der Waals surface area (Å²) in [6, 6.07) is 14.1. The molecule has 1 saturated carbocycles. The number of nitrogens with one attached hydrogen (secondary N) is 1. The fraction of sp³-hybridized carbons (Fsp3) is 0.286. The minimum Gasteiger partial charge on any atom is -0.367 e. The van der Waals surface area contributed by atoms with Gasteiger partial charge in [0.15, 0.2) is 0 Å². The molecule has 4 heteroatoms. The molecule has 1 fully saturated rings. The second kappa shape index (κ2) is 5.80. The van der Waals surface area contributed by atoms with Gasteiger partial charge in [-0.2, -0.15) is 0 Å². The van der Waals surface area contributed by atoms with Crippen LogP contribution < -0.4 is 5.32 Å². The van der Waals surface area contributed by atoms with Crippen LogP contribution in [-0.4, -0.2) is 11.0 Å². The van der Waals surface area contributed by atoms with E-state index >= 15 is 0 Å². The van der Waals surface area contributed by atoms with Gasteiger partial charge in [0.25, 0.3) is 0 Å². The van der Waals surface area contributed by atoms with Crippen LogP contribution in [0.25, 0.3) is 10.8 Å². The summed E-state index contributed by atoms with van der Waals surface area (Å²) < 4.78 is 14.6. The standard InChI is InChI=1S/C21H18BrFN2/c22-19-11-24-21(18-9-13(23)6-8-15(18)19)25-20-10-17-14-4-2-1-3-12(14)5-7-16(17)20/h1-4,6,8-9,11,16-17,20H,5,7,10H2,(H,24,25). The van der Waals surface area contributed by atoms with Crippen LogP contribution in [0.5, 0.6) is 0 Å². The largest absolute Gasteiger partial charge is 0.367 e. The molecule has 2 aromatic carbocycles. The van der Waals surface area contributed by atoms with Crippen molar-refractivity contribution in [3.63, 3.8) is 0 Å². The molecule has 2 aliphatic carbocycles. The maximum absolute atomic E-state index is 13.7. The topological polar surface area (TPSA) is 24.9 Å². The summed E-state index contributed by atoms with van der Waals surface area (Å²) in [5.74, 6) is 1.86. The average molecular weight is 397 g/mol. The molecule has 5 rings (SSSR count). The summed E-state index contributed by atoms with van der Waals surface area (Å²) >= 11 is 3.51. The number of benzene rings is 2. The van der Waals surface area contributed by atoms with Crippen molar-refractivity contribution >= 4 is 32.5 Å². The smallest absolute Gasteiger partial charge is 0.134 e.